The summed E-state index contributed by atoms with van der Waals surface area (Å²) in [6.07, 6.45) is 1.05. The minimum absolute atomic E-state index is 0.536. The molecular formula is C12H18N2S. The van der Waals surface area contributed by atoms with Gasteiger partial charge in [-0.1, -0.05) is 6.07 Å². The van der Waals surface area contributed by atoms with Crippen LogP contribution in [0.15, 0.2) is 17.0 Å². The van der Waals surface area contributed by atoms with E-state index in [1.54, 1.807) is 0 Å². The molecule has 1 aliphatic rings. The molecule has 1 aromatic rings. The van der Waals surface area contributed by atoms with E-state index in [0.29, 0.717) is 6.04 Å². The van der Waals surface area contributed by atoms with E-state index < -0.39 is 0 Å². The summed E-state index contributed by atoms with van der Waals surface area (Å²) in [5.41, 5.74) is 9.59. The molecule has 0 radical (unpaired) electrons. The molecule has 2 nitrogen and oxygen atoms in total. The first-order valence-electron chi connectivity index (χ1n) is 5.41. The van der Waals surface area contributed by atoms with E-state index in [1.165, 1.54) is 21.7 Å². The molecule has 15 heavy (non-hydrogen) atoms. The zero-order valence-electron chi connectivity index (χ0n) is 9.34. The number of benzene rings is 1. The molecule has 1 heterocycles. The Hall–Kier alpha value is -0.670. The summed E-state index contributed by atoms with van der Waals surface area (Å²) in [6.45, 7) is 5.09. The molecule has 0 amide bonds. The van der Waals surface area contributed by atoms with Crippen molar-refractivity contribution in [2.45, 2.75) is 31.2 Å². The molecule has 1 aliphatic heterocycles. The third-order valence-electron chi connectivity index (χ3n) is 2.72. The van der Waals surface area contributed by atoms with Gasteiger partial charge in [-0.15, -0.1) is 11.8 Å². The Bertz CT molecular complexity index is 363. The second-order valence-corrected chi connectivity index (χ2v) is 5.22. The van der Waals surface area contributed by atoms with Gasteiger partial charge in [-0.3, -0.25) is 0 Å². The Morgan fingerprint density at radius 2 is 2.27 bits per heavy atom. The summed E-state index contributed by atoms with van der Waals surface area (Å²) < 4.78 is 0. The second kappa shape index (κ2) is 4.45. The average molecular weight is 222 g/mol. The van der Waals surface area contributed by atoms with Crippen LogP contribution >= 0.6 is 11.8 Å². The maximum atomic E-state index is 5.59. The fourth-order valence-corrected chi connectivity index (χ4v) is 3.23. The van der Waals surface area contributed by atoms with Gasteiger partial charge in [0.15, 0.2) is 0 Å². The van der Waals surface area contributed by atoms with Crippen LogP contribution < -0.4 is 11.1 Å². The third-order valence-corrected chi connectivity index (χ3v) is 4.12. The van der Waals surface area contributed by atoms with Crippen molar-refractivity contribution in [3.63, 3.8) is 0 Å². The van der Waals surface area contributed by atoms with E-state index >= 15 is 0 Å². The van der Waals surface area contributed by atoms with Crippen molar-refractivity contribution >= 4 is 17.4 Å². The van der Waals surface area contributed by atoms with Gasteiger partial charge in [0, 0.05) is 22.4 Å². The highest BCUT2D eigenvalue weighted by Crippen LogP contribution is 2.37. The SMILES string of the molecule is Cc1cc(C)c2c(c1)NC(CCN)CS2. The minimum Gasteiger partial charge on any atom is -0.380 e. The van der Waals surface area contributed by atoms with Crippen LogP contribution in [-0.2, 0) is 0 Å². The van der Waals surface area contributed by atoms with Gasteiger partial charge in [0.1, 0.15) is 0 Å². The molecular weight excluding hydrogens is 204 g/mol. The smallest absolute Gasteiger partial charge is 0.0486 e. The maximum Gasteiger partial charge on any atom is 0.0486 e. The van der Waals surface area contributed by atoms with Crippen molar-refractivity contribution < 1.29 is 0 Å². The third kappa shape index (κ3) is 2.29. The lowest BCUT2D eigenvalue weighted by Crippen LogP contribution is -2.28. The number of hydrogen-bond donors (Lipinski definition) is 2. The van der Waals surface area contributed by atoms with Crippen molar-refractivity contribution in [3.8, 4) is 0 Å². The molecule has 82 valence electrons. The first kappa shape index (κ1) is 10.8. The van der Waals surface area contributed by atoms with Crippen LogP contribution in [-0.4, -0.2) is 18.3 Å². The predicted octanol–water partition coefficient (Wildman–Crippen LogP) is 2.54. The van der Waals surface area contributed by atoms with Gasteiger partial charge < -0.3 is 11.1 Å². The quantitative estimate of drug-likeness (QED) is 0.807. The summed E-state index contributed by atoms with van der Waals surface area (Å²) in [4.78, 5) is 1.41. The standard InChI is InChI=1S/C12H18N2S/c1-8-5-9(2)12-11(6-8)14-10(3-4-13)7-15-12/h5-6,10,14H,3-4,7,13H2,1-2H3. The van der Waals surface area contributed by atoms with Crippen LogP contribution in [0.4, 0.5) is 5.69 Å². The molecule has 1 aromatic carbocycles. The molecule has 0 aromatic heterocycles. The molecule has 0 spiro atoms. The fourth-order valence-electron chi connectivity index (χ4n) is 2.06. The number of rotatable bonds is 2. The van der Waals surface area contributed by atoms with Crippen LogP contribution in [0.2, 0.25) is 0 Å². The van der Waals surface area contributed by atoms with Gasteiger partial charge in [0.25, 0.3) is 0 Å². The minimum atomic E-state index is 0.536. The highest BCUT2D eigenvalue weighted by molar-refractivity contribution is 7.99. The van der Waals surface area contributed by atoms with Crippen LogP contribution in [0.25, 0.3) is 0 Å². The number of thioether (sulfide) groups is 1. The van der Waals surface area contributed by atoms with Gasteiger partial charge in [0.2, 0.25) is 0 Å². The summed E-state index contributed by atoms with van der Waals surface area (Å²) in [6, 6.07) is 5.02. The molecule has 1 unspecified atom stereocenters. The van der Waals surface area contributed by atoms with Crippen molar-refractivity contribution in [2.24, 2.45) is 5.73 Å². The molecule has 0 fully saturated rings. The summed E-state index contributed by atoms with van der Waals surface area (Å²) in [7, 11) is 0. The van der Waals surface area contributed by atoms with E-state index in [0.717, 1.165) is 18.7 Å². The zero-order chi connectivity index (χ0) is 10.8. The molecule has 3 N–H and O–H groups in total. The van der Waals surface area contributed by atoms with Gasteiger partial charge >= 0.3 is 0 Å². The topological polar surface area (TPSA) is 38.0 Å². The van der Waals surface area contributed by atoms with E-state index in [-0.39, 0.29) is 0 Å². The summed E-state index contributed by atoms with van der Waals surface area (Å²) in [5.74, 6) is 1.13. The van der Waals surface area contributed by atoms with Crippen LogP contribution in [0.3, 0.4) is 0 Å². The number of anilines is 1. The lowest BCUT2D eigenvalue weighted by molar-refractivity contribution is 0.717. The Labute approximate surface area is 95.6 Å². The lowest BCUT2D eigenvalue weighted by atomic mass is 10.1. The zero-order valence-corrected chi connectivity index (χ0v) is 10.2. The average Bonchev–Trinajstić information content (AvgIpc) is 2.17. The maximum absolute atomic E-state index is 5.59. The van der Waals surface area contributed by atoms with E-state index in [9.17, 15) is 0 Å². The number of nitrogens with two attached hydrogens (primary N) is 1. The van der Waals surface area contributed by atoms with Gasteiger partial charge in [-0.25, -0.2) is 0 Å². The number of nitrogens with one attached hydrogen (secondary N) is 1. The van der Waals surface area contributed by atoms with E-state index in [4.69, 9.17) is 5.73 Å². The number of hydrogen-bond acceptors (Lipinski definition) is 3. The normalized spacial score (nSPS) is 19.5. The molecule has 0 saturated carbocycles. The molecule has 3 heteroatoms. The van der Waals surface area contributed by atoms with Crippen LogP contribution in [0, 0.1) is 13.8 Å². The van der Waals surface area contributed by atoms with Crippen LogP contribution in [0.1, 0.15) is 17.5 Å². The molecule has 0 saturated heterocycles. The van der Waals surface area contributed by atoms with Gasteiger partial charge in [-0.05, 0) is 44.0 Å². The number of fused-ring (bicyclic) bond motifs is 1. The lowest BCUT2D eigenvalue weighted by Gasteiger charge is -2.27. The van der Waals surface area contributed by atoms with E-state index in [2.05, 4.69) is 31.3 Å². The Morgan fingerprint density at radius 3 is 3.00 bits per heavy atom. The fraction of sp³-hybridized carbons (Fsp3) is 0.500. The van der Waals surface area contributed by atoms with Gasteiger partial charge in [0.05, 0.1) is 0 Å². The highest BCUT2D eigenvalue weighted by atomic mass is 32.2. The van der Waals surface area contributed by atoms with Crippen molar-refractivity contribution in [1.82, 2.24) is 0 Å². The second-order valence-electron chi connectivity index (χ2n) is 4.19. The van der Waals surface area contributed by atoms with Crippen LogP contribution in [0.5, 0.6) is 0 Å². The first-order chi connectivity index (χ1) is 7.20. The molecule has 0 bridgehead atoms. The largest absolute Gasteiger partial charge is 0.380 e. The Morgan fingerprint density at radius 1 is 1.47 bits per heavy atom. The molecule has 0 aliphatic carbocycles. The Balaban J connectivity index is 2.25. The van der Waals surface area contributed by atoms with Crippen molar-refractivity contribution in [2.75, 3.05) is 17.6 Å². The van der Waals surface area contributed by atoms with Gasteiger partial charge in [-0.2, -0.15) is 0 Å². The first-order valence-corrected chi connectivity index (χ1v) is 6.40. The summed E-state index contributed by atoms with van der Waals surface area (Å²) in [5, 5.41) is 3.58. The predicted molar refractivity (Wildman–Crippen MR) is 67.7 cm³/mol. The highest BCUT2D eigenvalue weighted by Gasteiger charge is 2.19. The monoisotopic (exact) mass is 222 g/mol. The van der Waals surface area contributed by atoms with Crippen molar-refractivity contribution in [1.29, 1.82) is 0 Å². The molecule has 1 atom stereocenters. The number of aryl methyl sites for hydroxylation is 2. The Kier molecular flexibility index (Phi) is 3.22. The van der Waals surface area contributed by atoms with Crippen molar-refractivity contribution in [3.05, 3.63) is 23.3 Å². The van der Waals surface area contributed by atoms with E-state index in [1.807, 2.05) is 11.8 Å². The summed E-state index contributed by atoms with van der Waals surface area (Å²) >= 11 is 1.95. The molecule has 2 rings (SSSR count).